The van der Waals surface area contributed by atoms with Crippen LogP contribution in [0.5, 0.6) is 5.75 Å². The van der Waals surface area contributed by atoms with Crippen molar-refractivity contribution in [1.82, 2.24) is 9.80 Å². The molecule has 0 spiro atoms. The van der Waals surface area contributed by atoms with Gasteiger partial charge in [-0.15, -0.1) is 6.58 Å². The molecule has 2 N–H and O–H groups in total. The van der Waals surface area contributed by atoms with Gasteiger partial charge in [-0.1, -0.05) is 62.4 Å². The number of amides is 1. The molecular weight excluding hydrogens is 472 g/mol. The number of carbonyl (C=O) groups excluding carboxylic acids is 1. The molecule has 1 amide bonds. The van der Waals surface area contributed by atoms with Crippen molar-refractivity contribution >= 4 is 16.7 Å². The monoisotopic (exact) mass is 512 g/mol. The summed E-state index contributed by atoms with van der Waals surface area (Å²) >= 11 is 0. The average molecular weight is 513 g/mol. The van der Waals surface area contributed by atoms with Gasteiger partial charge in [-0.2, -0.15) is 0 Å². The first-order valence-corrected chi connectivity index (χ1v) is 13.9. The molecule has 3 aromatic rings. The number of likely N-dealkylation sites (tertiary alicyclic amines) is 1. The quantitative estimate of drug-likeness (QED) is 0.404. The summed E-state index contributed by atoms with van der Waals surface area (Å²) in [5.41, 5.74) is 1.43. The van der Waals surface area contributed by atoms with Crippen molar-refractivity contribution in [2.24, 2.45) is 11.8 Å². The molecule has 1 aliphatic heterocycles. The molecule has 0 radical (unpaired) electrons. The van der Waals surface area contributed by atoms with Crippen LogP contribution in [0.3, 0.4) is 0 Å². The number of phenolic OH excluding ortho intramolecular Hbond substituents is 1. The Labute approximate surface area is 226 Å². The van der Waals surface area contributed by atoms with E-state index in [1.807, 2.05) is 59.5 Å². The molecule has 1 unspecified atom stereocenters. The van der Waals surface area contributed by atoms with Gasteiger partial charge in [0.2, 0.25) is 0 Å². The second-order valence-electron chi connectivity index (χ2n) is 11.7. The number of carbonyl (C=O) groups is 1. The fourth-order valence-corrected chi connectivity index (χ4v) is 6.93. The van der Waals surface area contributed by atoms with Crippen LogP contribution in [-0.2, 0) is 5.41 Å². The third-order valence-electron chi connectivity index (χ3n) is 8.68. The topological polar surface area (TPSA) is 64.0 Å². The van der Waals surface area contributed by atoms with Crippen molar-refractivity contribution in [3.8, 4) is 5.75 Å². The Balaban J connectivity index is 1.52. The Morgan fingerprint density at radius 1 is 1.13 bits per heavy atom. The van der Waals surface area contributed by atoms with Crippen LogP contribution >= 0.6 is 0 Å². The van der Waals surface area contributed by atoms with Crippen LogP contribution in [0.1, 0.15) is 49.0 Å². The van der Waals surface area contributed by atoms with Crippen LogP contribution in [0.25, 0.3) is 10.8 Å². The maximum atomic E-state index is 14.1. The number of piperidine rings is 1. The number of aromatic hydroxyl groups is 1. The molecule has 3 aromatic carbocycles. The minimum Gasteiger partial charge on any atom is -0.508 e. The van der Waals surface area contributed by atoms with Crippen LogP contribution in [0.4, 0.5) is 0 Å². The summed E-state index contributed by atoms with van der Waals surface area (Å²) in [6.07, 6.45) is 3.56. The minimum atomic E-state index is -0.553. The van der Waals surface area contributed by atoms with Crippen LogP contribution < -0.4 is 0 Å². The summed E-state index contributed by atoms with van der Waals surface area (Å²) in [6, 6.07) is 21.5. The van der Waals surface area contributed by atoms with Gasteiger partial charge in [-0.05, 0) is 72.3 Å². The van der Waals surface area contributed by atoms with Gasteiger partial charge in [0.25, 0.3) is 5.91 Å². The molecule has 200 valence electrons. The second-order valence-corrected chi connectivity index (χ2v) is 11.7. The van der Waals surface area contributed by atoms with E-state index in [9.17, 15) is 15.0 Å². The normalized spacial score (nSPS) is 25.7. The largest absolute Gasteiger partial charge is 0.508 e. The average Bonchev–Trinajstić information content (AvgIpc) is 2.91. The van der Waals surface area contributed by atoms with E-state index < -0.39 is 6.10 Å². The lowest BCUT2D eigenvalue weighted by atomic mass is 9.56. The molecule has 4 atom stereocenters. The van der Waals surface area contributed by atoms with E-state index in [0.717, 1.165) is 48.8 Å². The number of benzene rings is 3. The zero-order chi connectivity index (χ0) is 26.9. The number of rotatable bonds is 7. The highest BCUT2D eigenvalue weighted by molar-refractivity contribution is 5.98. The van der Waals surface area contributed by atoms with Gasteiger partial charge < -0.3 is 15.1 Å². The van der Waals surface area contributed by atoms with Crippen molar-refractivity contribution in [2.45, 2.75) is 50.7 Å². The van der Waals surface area contributed by atoms with Gasteiger partial charge >= 0.3 is 0 Å². The van der Waals surface area contributed by atoms with Gasteiger partial charge in [-0.3, -0.25) is 9.69 Å². The maximum Gasteiger partial charge on any atom is 0.254 e. The molecular formula is C33H40N2O3. The van der Waals surface area contributed by atoms with Crippen LogP contribution in [-0.4, -0.2) is 64.2 Å². The number of hydrogen-bond acceptors (Lipinski definition) is 4. The number of nitrogens with zero attached hydrogens (tertiary/aromatic N) is 2. The van der Waals surface area contributed by atoms with Crippen molar-refractivity contribution < 1.29 is 15.0 Å². The van der Waals surface area contributed by atoms with Crippen molar-refractivity contribution in [3.63, 3.8) is 0 Å². The summed E-state index contributed by atoms with van der Waals surface area (Å²) in [6.45, 7) is 11.3. The first-order chi connectivity index (χ1) is 18.3. The molecule has 0 aromatic heterocycles. The Hall–Kier alpha value is -3.15. The molecule has 38 heavy (non-hydrogen) atoms. The van der Waals surface area contributed by atoms with E-state index in [1.165, 1.54) is 0 Å². The van der Waals surface area contributed by atoms with E-state index in [4.69, 9.17) is 0 Å². The highest BCUT2D eigenvalue weighted by Crippen LogP contribution is 2.51. The molecule has 1 aliphatic carbocycles. The maximum absolute atomic E-state index is 14.1. The SMILES string of the molecule is C=CCN1CC[C@@]2(c3cccc(O)c3)C[C@@H](N(CC(C)C)C(=O)c3ccc4ccccc4c3)CC(O)[C@@H]2C1. The molecule has 5 nitrogen and oxygen atoms in total. The summed E-state index contributed by atoms with van der Waals surface area (Å²) < 4.78 is 0. The number of fused-ring (bicyclic) bond motifs is 2. The number of aliphatic hydroxyl groups excluding tert-OH is 1. The van der Waals surface area contributed by atoms with E-state index in [-0.39, 0.29) is 29.0 Å². The fourth-order valence-electron chi connectivity index (χ4n) is 6.93. The molecule has 2 aliphatic rings. The summed E-state index contributed by atoms with van der Waals surface area (Å²) in [5.74, 6) is 0.577. The van der Waals surface area contributed by atoms with E-state index in [0.29, 0.717) is 24.4 Å². The molecule has 5 rings (SSSR count). The molecule has 0 bridgehead atoms. The summed E-state index contributed by atoms with van der Waals surface area (Å²) in [7, 11) is 0. The standard InChI is InChI=1S/C33H40N2O3/c1-4-15-34-16-14-33(27-10-7-11-29(36)18-27)20-28(19-31(37)30(33)22-34)35(21-23(2)3)32(38)26-13-12-24-8-5-6-9-25(24)17-26/h4-13,17-18,23,28,30-31,36-37H,1,14-16,19-22H2,2-3H3/t28-,30-,31?,33-/m0/s1. The Morgan fingerprint density at radius 3 is 2.66 bits per heavy atom. The van der Waals surface area contributed by atoms with Gasteiger partial charge in [0.15, 0.2) is 0 Å². The molecule has 5 heteroatoms. The van der Waals surface area contributed by atoms with Crippen molar-refractivity contribution in [3.05, 3.63) is 90.5 Å². The molecule has 2 fully saturated rings. The van der Waals surface area contributed by atoms with E-state index in [2.05, 4.69) is 37.5 Å². The Morgan fingerprint density at radius 2 is 1.92 bits per heavy atom. The highest BCUT2D eigenvalue weighted by atomic mass is 16.3. The van der Waals surface area contributed by atoms with E-state index in [1.54, 1.807) is 6.07 Å². The summed E-state index contributed by atoms with van der Waals surface area (Å²) in [5, 5.41) is 24.2. The van der Waals surface area contributed by atoms with Gasteiger partial charge in [-0.25, -0.2) is 0 Å². The predicted molar refractivity (Wildman–Crippen MR) is 153 cm³/mol. The minimum absolute atomic E-state index is 0.0194. The number of phenols is 1. The van der Waals surface area contributed by atoms with E-state index >= 15 is 0 Å². The third-order valence-corrected chi connectivity index (χ3v) is 8.68. The zero-order valence-electron chi connectivity index (χ0n) is 22.6. The predicted octanol–water partition coefficient (Wildman–Crippen LogP) is 5.61. The molecule has 1 saturated carbocycles. The van der Waals surface area contributed by atoms with Crippen molar-refractivity contribution in [2.75, 3.05) is 26.2 Å². The molecule has 1 heterocycles. The first-order valence-electron chi connectivity index (χ1n) is 13.9. The molecule has 1 saturated heterocycles. The summed E-state index contributed by atoms with van der Waals surface area (Å²) in [4.78, 5) is 18.5. The second kappa shape index (κ2) is 10.9. The lowest BCUT2D eigenvalue weighted by molar-refractivity contribution is -0.0630. The smallest absolute Gasteiger partial charge is 0.254 e. The Bertz CT molecular complexity index is 1300. The van der Waals surface area contributed by atoms with Gasteiger partial charge in [0.05, 0.1) is 6.10 Å². The lowest BCUT2D eigenvalue weighted by Gasteiger charge is -2.56. The Kier molecular flexibility index (Phi) is 7.60. The van der Waals surface area contributed by atoms with Gasteiger partial charge in [0.1, 0.15) is 5.75 Å². The number of hydrogen-bond donors (Lipinski definition) is 2. The van der Waals surface area contributed by atoms with Crippen molar-refractivity contribution in [1.29, 1.82) is 0 Å². The van der Waals surface area contributed by atoms with Gasteiger partial charge in [0, 0.05) is 42.6 Å². The highest BCUT2D eigenvalue weighted by Gasteiger charge is 2.53. The number of aliphatic hydroxyl groups is 1. The third kappa shape index (κ3) is 5.10. The van der Waals surface area contributed by atoms with Crippen LogP contribution in [0.2, 0.25) is 0 Å². The zero-order valence-corrected chi connectivity index (χ0v) is 22.6. The fraction of sp³-hybridized carbons (Fsp3) is 0.424. The van der Waals surface area contributed by atoms with Crippen LogP contribution in [0.15, 0.2) is 79.4 Å². The van der Waals surface area contributed by atoms with Crippen LogP contribution in [0, 0.1) is 11.8 Å². The first kappa shape index (κ1) is 26.5. The lowest BCUT2D eigenvalue weighted by Crippen LogP contribution is -2.61.